The molecule has 1 aliphatic heterocycles. The first-order chi connectivity index (χ1) is 7.69. The van der Waals surface area contributed by atoms with E-state index in [9.17, 15) is 0 Å². The van der Waals surface area contributed by atoms with E-state index in [1.165, 1.54) is 19.4 Å². The summed E-state index contributed by atoms with van der Waals surface area (Å²) < 4.78 is 0. The van der Waals surface area contributed by atoms with E-state index in [0.29, 0.717) is 0 Å². The van der Waals surface area contributed by atoms with E-state index in [-0.39, 0.29) is 6.04 Å². The maximum Gasteiger partial charge on any atom is 0.0965 e. The van der Waals surface area contributed by atoms with E-state index in [1.807, 2.05) is 0 Å². The third-order valence-corrected chi connectivity index (χ3v) is 3.50. The Kier molecular flexibility index (Phi) is 5.79. The fourth-order valence-corrected chi connectivity index (χ4v) is 2.64. The highest BCUT2D eigenvalue weighted by atomic mass is 15.2. The van der Waals surface area contributed by atoms with Crippen molar-refractivity contribution in [2.24, 2.45) is 5.92 Å². The summed E-state index contributed by atoms with van der Waals surface area (Å²) in [5, 5.41) is 12.2. The van der Waals surface area contributed by atoms with Crippen LogP contribution in [0.15, 0.2) is 0 Å². The number of hydrogen-bond acceptors (Lipinski definition) is 3. The van der Waals surface area contributed by atoms with Crippen molar-refractivity contribution in [2.75, 3.05) is 19.6 Å². The standard InChI is InChI=1S/C13H25N3/c1-4-15-12(10-14)7-9-16-8-5-6-13(16)11(2)3/h11-13,15H,4-9H2,1-3H3. The van der Waals surface area contributed by atoms with Gasteiger partial charge in [-0.2, -0.15) is 5.26 Å². The Morgan fingerprint density at radius 3 is 2.81 bits per heavy atom. The molecule has 2 unspecified atom stereocenters. The molecule has 0 amide bonds. The van der Waals surface area contributed by atoms with Gasteiger partial charge in [0.2, 0.25) is 0 Å². The molecule has 0 spiro atoms. The van der Waals surface area contributed by atoms with Crippen LogP contribution in [0.3, 0.4) is 0 Å². The smallest absolute Gasteiger partial charge is 0.0965 e. The molecule has 1 N–H and O–H groups in total. The highest BCUT2D eigenvalue weighted by molar-refractivity contribution is 4.91. The molecule has 1 saturated heterocycles. The van der Waals surface area contributed by atoms with Gasteiger partial charge in [0.15, 0.2) is 0 Å². The van der Waals surface area contributed by atoms with Crippen LogP contribution in [0.25, 0.3) is 0 Å². The van der Waals surface area contributed by atoms with Crippen LogP contribution in [-0.2, 0) is 0 Å². The molecule has 1 rings (SSSR count). The van der Waals surface area contributed by atoms with Gasteiger partial charge in [0.05, 0.1) is 12.1 Å². The zero-order valence-corrected chi connectivity index (χ0v) is 10.9. The first-order valence-corrected chi connectivity index (χ1v) is 6.56. The molecule has 0 saturated carbocycles. The number of rotatable bonds is 6. The van der Waals surface area contributed by atoms with Gasteiger partial charge in [-0.05, 0) is 38.3 Å². The van der Waals surface area contributed by atoms with E-state index >= 15 is 0 Å². The molecule has 0 bridgehead atoms. The topological polar surface area (TPSA) is 39.1 Å². The van der Waals surface area contributed by atoms with Crippen LogP contribution in [0.1, 0.15) is 40.0 Å². The lowest BCUT2D eigenvalue weighted by Crippen LogP contribution is -2.37. The van der Waals surface area contributed by atoms with Crippen molar-refractivity contribution < 1.29 is 0 Å². The van der Waals surface area contributed by atoms with Crippen molar-refractivity contribution in [3.05, 3.63) is 0 Å². The van der Waals surface area contributed by atoms with E-state index in [2.05, 4.69) is 37.1 Å². The maximum atomic E-state index is 8.98. The minimum Gasteiger partial charge on any atom is -0.302 e. The van der Waals surface area contributed by atoms with Crippen molar-refractivity contribution >= 4 is 0 Å². The second-order valence-electron chi connectivity index (χ2n) is 5.02. The third-order valence-electron chi connectivity index (χ3n) is 3.50. The molecule has 16 heavy (non-hydrogen) atoms. The van der Waals surface area contributed by atoms with E-state index in [4.69, 9.17) is 5.26 Å². The Bertz CT molecular complexity index is 232. The predicted octanol–water partition coefficient (Wildman–Crippen LogP) is 2.00. The molecule has 1 aliphatic rings. The van der Waals surface area contributed by atoms with Gasteiger partial charge in [0.1, 0.15) is 0 Å². The van der Waals surface area contributed by atoms with Crippen molar-refractivity contribution in [3.63, 3.8) is 0 Å². The normalized spacial score (nSPS) is 23.6. The zero-order chi connectivity index (χ0) is 12.0. The monoisotopic (exact) mass is 223 g/mol. The molecular weight excluding hydrogens is 198 g/mol. The Morgan fingerprint density at radius 1 is 1.50 bits per heavy atom. The average Bonchev–Trinajstić information content (AvgIpc) is 2.72. The van der Waals surface area contributed by atoms with E-state index in [1.54, 1.807) is 0 Å². The van der Waals surface area contributed by atoms with Gasteiger partial charge in [-0.3, -0.25) is 0 Å². The SMILES string of the molecule is CCNC(C#N)CCN1CCCC1C(C)C. The van der Waals surface area contributed by atoms with Crippen molar-refractivity contribution in [2.45, 2.75) is 52.1 Å². The molecule has 2 atom stereocenters. The number of nitriles is 1. The zero-order valence-electron chi connectivity index (χ0n) is 10.9. The second kappa shape index (κ2) is 6.88. The summed E-state index contributed by atoms with van der Waals surface area (Å²) in [6.45, 7) is 9.81. The van der Waals surface area contributed by atoms with Gasteiger partial charge in [-0.25, -0.2) is 0 Å². The molecule has 0 aromatic rings. The van der Waals surface area contributed by atoms with Gasteiger partial charge in [0.25, 0.3) is 0 Å². The molecule has 0 aromatic carbocycles. The van der Waals surface area contributed by atoms with Crippen molar-refractivity contribution in [3.8, 4) is 6.07 Å². The third kappa shape index (κ3) is 3.77. The Hall–Kier alpha value is -0.590. The van der Waals surface area contributed by atoms with Gasteiger partial charge >= 0.3 is 0 Å². The van der Waals surface area contributed by atoms with Crippen LogP contribution in [0.5, 0.6) is 0 Å². The number of nitrogens with zero attached hydrogens (tertiary/aromatic N) is 2. The molecule has 92 valence electrons. The van der Waals surface area contributed by atoms with Gasteiger partial charge in [-0.15, -0.1) is 0 Å². The quantitative estimate of drug-likeness (QED) is 0.748. The van der Waals surface area contributed by atoms with Gasteiger partial charge in [0, 0.05) is 12.6 Å². The van der Waals surface area contributed by atoms with Crippen LogP contribution in [-0.4, -0.2) is 36.6 Å². The first-order valence-electron chi connectivity index (χ1n) is 6.56. The summed E-state index contributed by atoms with van der Waals surface area (Å²) in [6.07, 6.45) is 3.60. The van der Waals surface area contributed by atoms with E-state index in [0.717, 1.165) is 31.5 Å². The number of likely N-dealkylation sites (tertiary alicyclic amines) is 1. The molecule has 3 nitrogen and oxygen atoms in total. The molecule has 0 aromatic heterocycles. The fourth-order valence-electron chi connectivity index (χ4n) is 2.64. The summed E-state index contributed by atoms with van der Waals surface area (Å²) in [7, 11) is 0. The second-order valence-corrected chi connectivity index (χ2v) is 5.02. The molecule has 0 radical (unpaired) electrons. The summed E-state index contributed by atoms with van der Waals surface area (Å²) in [5.74, 6) is 0.738. The highest BCUT2D eigenvalue weighted by Gasteiger charge is 2.26. The van der Waals surface area contributed by atoms with Crippen LogP contribution >= 0.6 is 0 Å². The van der Waals surface area contributed by atoms with Crippen LogP contribution < -0.4 is 5.32 Å². The van der Waals surface area contributed by atoms with Crippen LogP contribution in [0, 0.1) is 17.2 Å². The van der Waals surface area contributed by atoms with Crippen molar-refractivity contribution in [1.29, 1.82) is 5.26 Å². The number of hydrogen-bond donors (Lipinski definition) is 1. The summed E-state index contributed by atoms with van der Waals surface area (Å²) in [4.78, 5) is 2.56. The average molecular weight is 223 g/mol. The van der Waals surface area contributed by atoms with Gasteiger partial charge in [-0.1, -0.05) is 20.8 Å². The summed E-state index contributed by atoms with van der Waals surface area (Å²) in [5.41, 5.74) is 0. The molecular formula is C13H25N3. The van der Waals surface area contributed by atoms with Crippen LogP contribution in [0.4, 0.5) is 0 Å². The van der Waals surface area contributed by atoms with Crippen LogP contribution in [0.2, 0.25) is 0 Å². The lowest BCUT2D eigenvalue weighted by atomic mass is 10.0. The molecule has 1 fully saturated rings. The first kappa shape index (κ1) is 13.5. The Balaban J connectivity index is 2.33. The minimum atomic E-state index is 0.0263. The predicted molar refractivity (Wildman–Crippen MR) is 67.1 cm³/mol. The number of nitrogens with one attached hydrogen (secondary N) is 1. The highest BCUT2D eigenvalue weighted by Crippen LogP contribution is 2.23. The fraction of sp³-hybridized carbons (Fsp3) is 0.923. The molecule has 3 heteroatoms. The molecule has 1 heterocycles. The summed E-state index contributed by atoms with van der Waals surface area (Å²) in [6, 6.07) is 3.10. The summed E-state index contributed by atoms with van der Waals surface area (Å²) >= 11 is 0. The lowest BCUT2D eigenvalue weighted by Gasteiger charge is -2.28. The Morgan fingerprint density at radius 2 is 2.25 bits per heavy atom. The van der Waals surface area contributed by atoms with E-state index < -0.39 is 0 Å². The van der Waals surface area contributed by atoms with Gasteiger partial charge < -0.3 is 10.2 Å². The molecule has 0 aliphatic carbocycles. The lowest BCUT2D eigenvalue weighted by molar-refractivity contribution is 0.200. The minimum absolute atomic E-state index is 0.0263. The Labute approximate surface area is 99.8 Å². The van der Waals surface area contributed by atoms with Crippen molar-refractivity contribution in [1.82, 2.24) is 10.2 Å². The maximum absolute atomic E-state index is 8.98. The largest absolute Gasteiger partial charge is 0.302 e.